The minimum atomic E-state index is -0.435. The second kappa shape index (κ2) is 6.15. The van der Waals surface area contributed by atoms with Crippen molar-refractivity contribution >= 4 is 17.5 Å². The molecule has 0 fully saturated rings. The van der Waals surface area contributed by atoms with Crippen LogP contribution in [0.2, 0.25) is 5.02 Å². The Labute approximate surface area is 125 Å². The van der Waals surface area contributed by atoms with Gasteiger partial charge in [-0.25, -0.2) is 0 Å². The highest BCUT2D eigenvalue weighted by molar-refractivity contribution is 6.30. The Morgan fingerprint density at radius 2 is 2.15 bits per heavy atom. The van der Waals surface area contributed by atoms with E-state index in [2.05, 4.69) is 5.32 Å². The van der Waals surface area contributed by atoms with E-state index in [0.717, 1.165) is 30.7 Å². The van der Waals surface area contributed by atoms with E-state index in [-0.39, 0.29) is 11.9 Å². The molecule has 0 saturated carbocycles. The summed E-state index contributed by atoms with van der Waals surface area (Å²) in [6.45, 7) is 4.45. The van der Waals surface area contributed by atoms with Gasteiger partial charge >= 0.3 is 0 Å². The molecule has 3 nitrogen and oxygen atoms in total. The number of aryl methyl sites for hydroxylation is 1. The number of halogens is 1. The fourth-order valence-corrected chi connectivity index (χ4v) is 3.19. The molecule has 1 unspecified atom stereocenters. The molecule has 0 bridgehead atoms. The fraction of sp³-hybridized carbons (Fsp3) is 0.562. The van der Waals surface area contributed by atoms with Gasteiger partial charge in [0, 0.05) is 11.6 Å². The largest absolute Gasteiger partial charge is 0.349 e. The third-order valence-electron chi connectivity index (χ3n) is 4.71. The highest BCUT2D eigenvalue weighted by Gasteiger charge is 2.35. The van der Waals surface area contributed by atoms with E-state index in [1.807, 2.05) is 32.0 Å². The molecule has 0 heterocycles. The van der Waals surface area contributed by atoms with Crippen LogP contribution in [0.4, 0.5) is 0 Å². The van der Waals surface area contributed by atoms with Gasteiger partial charge in [-0.05, 0) is 48.9 Å². The predicted molar refractivity (Wildman–Crippen MR) is 82.7 cm³/mol. The average molecular weight is 295 g/mol. The summed E-state index contributed by atoms with van der Waals surface area (Å²) in [6.07, 6.45) is 3.45. The Balaban J connectivity index is 2.15. The summed E-state index contributed by atoms with van der Waals surface area (Å²) in [5.74, 6) is 0.0813. The van der Waals surface area contributed by atoms with Crippen molar-refractivity contribution in [3.8, 4) is 0 Å². The first-order valence-corrected chi connectivity index (χ1v) is 7.73. The van der Waals surface area contributed by atoms with Crippen LogP contribution in [0.5, 0.6) is 0 Å². The number of carbonyl (C=O) groups is 1. The monoisotopic (exact) mass is 294 g/mol. The summed E-state index contributed by atoms with van der Waals surface area (Å²) < 4.78 is 0. The zero-order chi connectivity index (χ0) is 14.8. The van der Waals surface area contributed by atoms with Crippen molar-refractivity contribution in [1.82, 2.24) is 5.32 Å². The first-order valence-electron chi connectivity index (χ1n) is 7.35. The van der Waals surface area contributed by atoms with Crippen LogP contribution >= 0.6 is 11.6 Å². The topological polar surface area (TPSA) is 55.1 Å². The molecule has 0 spiro atoms. The van der Waals surface area contributed by atoms with Gasteiger partial charge in [0.05, 0.1) is 11.5 Å². The molecule has 110 valence electrons. The summed E-state index contributed by atoms with van der Waals surface area (Å²) in [7, 11) is 0. The molecule has 1 amide bonds. The van der Waals surface area contributed by atoms with Crippen molar-refractivity contribution in [3.63, 3.8) is 0 Å². The van der Waals surface area contributed by atoms with Crippen LogP contribution in [-0.2, 0) is 11.2 Å². The second-order valence-electron chi connectivity index (χ2n) is 5.60. The molecule has 0 saturated heterocycles. The normalized spacial score (nSPS) is 17.9. The van der Waals surface area contributed by atoms with Crippen molar-refractivity contribution in [3.05, 3.63) is 34.3 Å². The Kier molecular flexibility index (Phi) is 4.71. The summed E-state index contributed by atoms with van der Waals surface area (Å²) in [6, 6.07) is 6.01. The van der Waals surface area contributed by atoms with E-state index in [0.29, 0.717) is 6.54 Å². The minimum Gasteiger partial charge on any atom is -0.349 e. The molecule has 1 atom stereocenters. The molecule has 3 N–H and O–H groups in total. The zero-order valence-corrected chi connectivity index (χ0v) is 13.0. The van der Waals surface area contributed by atoms with Crippen molar-refractivity contribution < 1.29 is 4.79 Å². The van der Waals surface area contributed by atoms with E-state index < -0.39 is 5.41 Å². The summed E-state index contributed by atoms with van der Waals surface area (Å²) in [5.41, 5.74) is 7.84. The van der Waals surface area contributed by atoms with Crippen LogP contribution in [0.25, 0.3) is 0 Å². The molecule has 0 aromatic heterocycles. The lowest BCUT2D eigenvalue weighted by atomic mass is 9.81. The zero-order valence-electron chi connectivity index (χ0n) is 12.2. The third kappa shape index (κ3) is 2.70. The van der Waals surface area contributed by atoms with Gasteiger partial charge in [0.2, 0.25) is 5.91 Å². The molecule has 1 aliphatic carbocycles. The van der Waals surface area contributed by atoms with E-state index in [4.69, 9.17) is 17.3 Å². The number of rotatable bonds is 5. The molecule has 0 aliphatic heterocycles. The fourth-order valence-electron chi connectivity index (χ4n) is 3.00. The van der Waals surface area contributed by atoms with Crippen molar-refractivity contribution in [2.45, 2.75) is 45.6 Å². The number of amides is 1. The lowest BCUT2D eigenvalue weighted by molar-refractivity contribution is -0.131. The molecule has 1 aromatic rings. The Hall–Kier alpha value is -1.06. The van der Waals surface area contributed by atoms with Crippen LogP contribution in [0, 0.1) is 5.41 Å². The maximum absolute atomic E-state index is 12.6. The highest BCUT2D eigenvalue weighted by Crippen LogP contribution is 2.34. The molecule has 20 heavy (non-hydrogen) atoms. The van der Waals surface area contributed by atoms with E-state index in [1.54, 1.807) is 0 Å². The highest BCUT2D eigenvalue weighted by atomic mass is 35.5. The second-order valence-corrected chi connectivity index (χ2v) is 6.04. The Morgan fingerprint density at radius 3 is 2.75 bits per heavy atom. The molecule has 4 heteroatoms. The lowest BCUT2D eigenvalue weighted by Crippen LogP contribution is -2.46. The van der Waals surface area contributed by atoms with Crippen LogP contribution in [0.3, 0.4) is 0 Å². The predicted octanol–water partition coefficient (Wildman–Crippen LogP) is 3.21. The van der Waals surface area contributed by atoms with E-state index in [1.165, 1.54) is 11.1 Å². The van der Waals surface area contributed by atoms with Crippen LogP contribution in [0.15, 0.2) is 18.2 Å². The van der Waals surface area contributed by atoms with Gasteiger partial charge in [-0.15, -0.1) is 0 Å². The minimum absolute atomic E-state index is 0.0813. The number of benzene rings is 1. The number of nitrogens with two attached hydrogens (primary N) is 1. The summed E-state index contributed by atoms with van der Waals surface area (Å²) >= 11 is 6.01. The van der Waals surface area contributed by atoms with Crippen LogP contribution in [0.1, 0.15) is 50.3 Å². The number of fused-ring (bicyclic) bond motifs is 1. The van der Waals surface area contributed by atoms with Gasteiger partial charge in [0.25, 0.3) is 0 Å². The number of carbonyl (C=O) groups excluding carboxylic acids is 1. The van der Waals surface area contributed by atoms with Gasteiger partial charge in [0.15, 0.2) is 0 Å². The molecular weight excluding hydrogens is 272 g/mol. The van der Waals surface area contributed by atoms with Crippen molar-refractivity contribution in [1.29, 1.82) is 0 Å². The maximum Gasteiger partial charge on any atom is 0.227 e. The first-order chi connectivity index (χ1) is 9.56. The average Bonchev–Trinajstić information content (AvgIpc) is 2.83. The molecule has 2 rings (SSSR count). The Morgan fingerprint density at radius 1 is 1.45 bits per heavy atom. The summed E-state index contributed by atoms with van der Waals surface area (Å²) in [5, 5.41) is 3.94. The van der Waals surface area contributed by atoms with Gasteiger partial charge in [-0.3, -0.25) is 4.79 Å². The van der Waals surface area contributed by atoms with Gasteiger partial charge in [-0.2, -0.15) is 0 Å². The SMILES string of the molecule is CCC(CC)(CN)C(=O)NC1CCc2cc(Cl)ccc21. The van der Waals surface area contributed by atoms with E-state index >= 15 is 0 Å². The number of nitrogens with one attached hydrogen (secondary N) is 1. The molecule has 0 radical (unpaired) electrons. The van der Waals surface area contributed by atoms with Gasteiger partial charge in [0.1, 0.15) is 0 Å². The Bertz CT molecular complexity index is 489. The van der Waals surface area contributed by atoms with Crippen LogP contribution in [-0.4, -0.2) is 12.5 Å². The standard InChI is InChI=1S/C16H23ClN2O/c1-3-16(4-2,10-18)15(20)19-14-8-5-11-9-12(17)6-7-13(11)14/h6-7,9,14H,3-5,8,10,18H2,1-2H3,(H,19,20). The van der Waals surface area contributed by atoms with E-state index in [9.17, 15) is 4.79 Å². The molecular formula is C16H23ClN2O. The van der Waals surface area contributed by atoms with Gasteiger partial charge in [-0.1, -0.05) is 31.5 Å². The number of hydrogen-bond donors (Lipinski definition) is 2. The molecule has 1 aromatic carbocycles. The lowest BCUT2D eigenvalue weighted by Gasteiger charge is -2.30. The smallest absolute Gasteiger partial charge is 0.227 e. The summed E-state index contributed by atoms with van der Waals surface area (Å²) in [4.78, 5) is 12.6. The van der Waals surface area contributed by atoms with Crippen molar-refractivity contribution in [2.75, 3.05) is 6.54 Å². The first kappa shape index (κ1) is 15.3. The number of hydrogen-bond acceptors (Lipinski definition) is 2. The van der Waals surface area contributed by atoms with Crippen LogP contribution < -0.4 is 11.1 Å². The molecule has 1 aliphatic rings. The quantitative estimate of drug-likeness (QED) is 0.876. The van der Waals surface area contributed by atoms with Gasteiger partial charge < -0.3 is 11.1 Å². The maximum atomic E-state index is 12.6. The third-order valence-corrected chi connectivity index (χ3v) is 4.95. The van der Waals surface area contributed by atoms with Crippen molar-refractivity contribution in [2.24, 2.45) is 11.1 Å².